The molecule has 0 radical (unpaired) electrons. The maximum atomic E-state index is 12.5. The fourth-order valence-electron chi connectivity index (χ4n) is 1.66. The maximum Gasteiger partial charge on any atom is 0.416 e. The minimum atomic E-state index is -4.39. The van der Waals surface area contributed by atoms with Gasteiger partial charge in [-0.25, -0.2) is 4.79 Å². The topological polar surface area (TPSA) is 61.4 Å². The smallest absolute Gasteiger partial charge is 0.393 e. The summed E-state index contributed by atoms with van der Waals surface area (Å²) in [7, 11) is 0. The lowest BCUT2D eigenvalue weighted by atomic mass is 10.1. The predicted molar refractivity (Wildman–Crippen MR) is 72.6 cm³/mol. The van der Waals surface area contributed by atoms with E-state index in [9.17, 15) is 23.1 Å². The van der Waals surface area contributed by atoms with Gasteiger partial charge in [-0.3, -0.25) is 0 Å². The molecule has 21 heavy (non-hydrogen) atoms. The van der Waals surface area contributed by atoms with E-state index in [2.05, 4.69) is 10.6 Å². The Morgan fingerprint density at radius 2 is 2.05 bits per heavy atom. The Bertz CT molecular complexity index is 464. The monoisotopic (exact) mass is 304 g/mol. The number of nitrogens with one attached hydrogen (secondary N) is 2. The Morgan fingerprint density at radius 1 is 1.33 bits per heavy atom. The van der Waals surface area contributed by atoms with Crippen molar-refractivity contribution in [3.05, 3.63) is 35.4 Å². The van der Waals surface area contributed by atoms with Crippen LogP contribution in [0.5, 0.6) is 0 Å². The second-order valence-electron chi connectivity index (χ2n) is 4.66. The van der Waals surface area contributed by atoms with Crippen molar-refractivity contribution in [1.29, 1.82) is 0 Å². The van der Waals surface area contributed by atoms with Crippen LogP contribution in [0.2, 0.25) is 0 Å². The van der Waals surface area contributed by atoms with Crippen LogP contribution < -0.4 is 10.6 Å². The summed E-state index contributed by atoms with van der Waals surface area (Å²) in [6.45, 7) is 2.15. The minimum Gasteiger partial charge on any atom is -0.393 e. The van der Waals surface area contributed by atoms with Gasteiger partial charge < -0.3 is 15.7 Å². The van der Waals surface area contributed by atoms with Gasteiger partial charge in [-0.2, -0.15) is 13.2 Å². The molecule has 0 aliphatic carbocycles. The summed E-state index contributed by atoms with van der Waals surface area (Å²) in [6, 6.07) is 4.32. The van der Waals surface area contributed by atoms with E-state index in [0.717, 1.165) is 12.1 Å². The molecule has 0 aliphatic heterocycles. The van der Waals surface area contributed by atoms with E-state index in [1.54, 1.807) is 0 Å². The highest BCUT2D eigenvalue weighted by Crippen LogP contribution is 2.29. The zero-order valence-corrected chi connectivity index (χ0v) is 11.7. The van der Waals surface area contributed by atoms with E-state index in [1.165, 1.54) is 12.1 Å². The third kappa shape index (κ3) is 6.48. The molecule has 3 N–H and O–H groups in total. The maximum absolute atomic E-state index is 12.5. The molecule has 1 rings (SSSR count). The third-order valence-electron chi connectivity index (χ3n) is 2.94. The molecule has 0 bridgehead atoms. The summed E-state index contributed by atoms with van der Waals surface area (Å²) in [5, 5.41) is 14.3. The fourth-order valence-corrected chi connectivity index (χ4v) is 1.66. The zero-order chi connectivity index (χ0) is 15.9. The van der Waals surface area contributed by atoms with Crippen molar-refractivity contribution in [1.82, 2.24) is 10.6 Å². The number of carbonyl (C=O) groups is 1. The van der Waals surface area contributed by atoms with Crippen LogP contribution in [0.15, 0.2) is 24.3 Å². The first kappa shape index (κ1) is 17.3. The predicted octanol–water partition coefficient (Wildman–Crippen LogP) is 2.67. The summed E-state index contributed by atoms with van der Waals surface area (Å²) < 4.78 is 37.6. The van der Waals surface area contributed by atoms with Crippen LogP contribution in [0, 0.1) is 0 Å². The highest BCUT2D eigenvalue weighted by Gasteiger charge is 2.30. The van der Waals surface area contributed by atoms with Crippen molar-refractivity contribution in [2.75, 3.05) is 6.54 Å². The Morgan fingerprint density at radius 3 is 2.67 bits per heavy atom. The number of hydrogen-bond donors (Lipinski definition) is 3. The number of urea groups is 1. The van der Waals surface area contributed by atoms with Crippen molar-refractivity contribution in [2.45, 2.75) is 38.6 Å². The van der Waals surface area contributed by atoms with Gasteiger partial charge in [0.15, 0.2) is 0 Å². The van der Waals surface area contributed by atoms with E-state index < -0.39 is 23.9 Å². The third-order valence-corrected chi connectivity index (χ3v) is 2.94. The number of carbonyl (C=O) groups excluding carboxylic acids is 1. The summed E-state index contributed by atoms with van der Waals surface area (Å²) in [5.74, 6) is 0. The van der Waals surface area contributed by atoms with Gasteiger partial charge in [-0.15, -0.1) is 0 Å². The summed E-state index contributed by atoms with van der Waals surface area (Å²) in [6.07, 6.45) is -3.82. The van der Waals surface area contributed by atoms with Gasteiger partial charge in [0.05, 0.1) is 11.7 Å². The largest absolute Gasteiger partial charge is 0.416 e. The van der Waals surface area contributed by atoms with Gasteiger partial charge in [0.25, 0.3) is 0 Å². The summed E-state index contributed by atoms with van der Waals surface area (Å²) >= 11 is 0. The highest BCUT2D eigenvalue weighted by molar-refractivity contribution is 5.73. The van der Waals surface area contributed by atoms with Gasteiger partial charge in [0, 0.05) is 13.1 Å². The van der Waals surface area contributed by atoms with Gasteiger partial charge >= 0.3 is 12.2 Å². The first-order chi connectivity index (χ1) is 9.82. The van der Waals surface area contributed by atoms with Gasteiger partial charge in [0.1, 0.15) is 0 Å². The van der Waals surface area contributed by atoms with Gasteiger partial charge in [0.2, 0.25) is 0 Å². The molecule has 1 atom stereocenters. The van der Waals surface area contributed by atoms with Gasteiger partial charge in [-0.1, -0.05) is 19.1 Å². The van der Waals surface area contributed by atoms with Crippen LogP contribution in [0.4, 0.5) is 18.0 Å². The summed E-state index contributed by atoms with van der Waals surface area (Å²) in [5.41, 5.74) is -0.373. The molecule has 1 aromatic carbocycles. The lowest BCUT2D eigenvalue weighted by Crippen LogP contribution is -2.36. The molecule has 1 unspecified atom stereocenters. The van der Waals surface area contributed by atoms with Crippen LogP contribution in [0.1, 0.15) is 30.9 Å². The van der Waals surface area contributed by atoms with Crippen molar-refractivity contribution < 1.29 is 23.1 Å². The molecular formula is C14H19F3N2O2. The van der Waals surface area contributed by atoms with E-state index in [1.807, 2.05) is 6.92 Å². The average Bonchev–Trinajstić information content (AvgIpc) is 2.44. The molecule has 2 amide bonds. The normalized spacial score (nSPS) is 12.8. The molecule has 0 saturated heterocycles. The first-order valence-corrected chi connectivity index (χ1v) is 6.68. The molecule has 0 saturated carbocycles. The van der Waals surface area contributed by atoms with E-state index in [4.69, 9.17) is 0 Å². The molecule has 1 aromatic rings. The van der Waals surface area contributed by atoms with E-state index >= 15 is 0 Å². The number of aliphatic hydroxyl groups is 1. The van der Waals surface area contributed by atoms with Crippen LogP contribution in [-0.4, -0.2) is 23.8 Å². The lowest BCUT2D eigenvalue weighted by molar-refractivity contribution is -0.137. The lowest BCUT2D eigenvalue weighted by Gasteiger charge is -2.11. The van der Waals surface area contributed by atoms with Crippen molar-refractivity contribution >= 4 is 6.03 Å². The number of aliphatic hydroxyl groups excluding tert-OH is 1. The Labute approximate surface area is 121 Å². The van der Waals surface area contributed by atoms with Crippen molar-refractivity contribution in [3.8, 4) is 0 Å². The number of halogens is 3. The Kier molecular flexibility index (Phi) is 6.48. The van der Waals surface area contributed by atoms with Crippen LogP contribution in [0.3, 0.4) is 0 Å². The second-order valence-corrected chi connectivity index (χ2v) is 4.66. The molecule has 118 valence electrons. The van der Waals surface area contributed by atoms with Crippen LogP contribution in [-0.2, 0) is 12.7 Å². The fraction of sp³-hybridized carbons (Fsp3) is 0.500. The molecule has 0 spiro atoms. The number of amides is 2. The Hall–Kier alpha value is -1.76. The number of alkyl halides is 3. The molecule has 0 aromatic heterocycles. The summed E-state index contributed by atoms with van der Waals surface area (Å²) in [4.78, 5) is 11.4. The van der Waals surface area contributed by atoms with E-state index in [0.29, 0.717) is 24.9 Å². The number of rotatable bonds is 6. The van der Waals surface area contributed by atoms with Gasteiger partial charge in [-0.05, 0) is 30.5 Å². The van der Waals surface area contributed by atoms with E-state index in [-0.39, 0.29) is 6.54 Å². The molecular weight excluding hydrogens is 285 g/mol. The van der Waals surface area contributed by atoms with Crippen LogP contribution in [0.25, 0.3) is 0 Å². The Balaban J connectivity index is 2.40. The first-order valence-electron chi connectivity index (χ1n) is 6.68. The molecule has 0 fully saturated rings. The quantitative estimate of drug-likeness (QED) is 0.756. The molecule has 7 heteroatoms. The van der Waals surface area contributed by atoms with Crippen molar-refractivity contribution in [3.63, 3.8) is 0 Å². The van der Waals surface area contributed by atoms with Crippen LogP contribution >= 0.6 is 0 Å². The molecule has 4 nitrogen and oxygen atoms in total. The average molecular weight is 304 g/mol. The number of hydrogen-bond acceptors (Lipinski definition) is 2. The zero-order valence-electron chi connectivity index (χ0n) is 11.7. The second kappa shape index (κ2) is 7.87. The highest BCUT2D eigenvalue weighted by atomic mass is 19.4. The SMILES string of the molecule is CCC(O)CCNC(=O)NCc1cccc(C(F)(F)F)c1. The van der Waals surface area contributed by atoms with Crippen molar-refractivity contribution in [2.24, 2.45) is 0 Å². The standard InChI is InChI=1S/C14H19F3N2O2/c1-2-12(20)6-7-18-13(21)19-9-10-4-3-5-11(8-10)14(15,16)17/h3-5,8,12,20H,2,6-7,9H2,1H3,(H2,18,19,21). The number of benzene rings is 1. The molecule has 0 heterocycles. The minimum absolute atomic E-state index is 0.00604. The molecule has 0 aliphatic rings.